The number of halogens is 2. The van der Waals surface area contributed by atoms with Crippen LogP contribution in [0, 0.1) is 6.92 Å². The number of anilines is 1. The zero-order valence-electron chi connectivity index (χ0n) is 18.5. The van der Waals surface area contributed by atoms with Crippen molar-refractivity contribution >= 4 is 17.9 Å². The van der Waals surface area contributed by atoms with Gasteiger partial charge in [0.25, 0.3) is 0 Å². The monoisotopic (exact) mass is 465 g/mol. The average molecular weight is 465 g/mol. The van der Waals surface area contributed by atoms with Crippen LogP contribution in [0.2, 0.25) is 0 Å². The van der Waals surface area contributed by atoms with E-state index in [0.29, 0.717) is 35.4 Å². The highest BCUT2D eigenvalue weighted by atomic mass is 19.3. The molecular weight excluding hydrogens is 444 g/mol. The second-order valence-electron chi connectivity index (χ2n) is 8.47. The van der Waals surface area contributed by atoms with E-state index in [-0.39, 0.29) is 17.4 Å². The predicted molar refractivity (Wildman–Crippen MR) is 121 cm³/mol. The number of ether oxygens (including phenoxy) is 3. The van der Waals surface area contributed by atoms with E-state index in [1.54, 1.807) is 30.3 Å². The zero-order valence-corrected chi connectivity index (χ0v) is 18.5. The fraction of sp³-hybridized carbons (Fsp3) is 0.231. The molecule has 6 nitrogen and oxygen atoms in total. The first kappa shape index (κ1) is 21.9. The molecule has 1 aliphatic carbocycles. The molecule has 0 bridgehead atoms. The molecule has 2 aliphatic rings. The minimum Gasteiger partial charge on any atom is -0.496 e. The van der Waals surface area contributed by atoms with Crippen molar-refractivity contribution in [2.24, 2.45) is 0 Å². The minimum absolute atomic E-state index is 0.0531. The van der Waals surface area contributed by atoms with Gasteiger partial charge in [-0.25, -0.2) is 0 Å². The topological polar surface area (TPSA) is 73.9 Å². The Labute approximate surface area is 194 Å². The Hall–Kier alpha value is -3.94. The summed E-state index contributed by atoms with van der Waals surface area (Å²) in [6, 6.07) is 15.2. The Morgan fingerprint density at radius 2 is 1.76 bits per heavy atom. The van der Waals surface area contributed by atoms with Crippen LogP contribution in [0.4, 0.5) is 14.5 Å². The van der Waals surface area contributed by atoms with Gasteiger partial charge in [-0.3, -0.25) is 9.59 Å². The maximum atomic E-state index is 13.4. The second kappa shape index (κ2) is 7.83. The largest absolute Gasteiger partial charge is 0.586 e. The van der Waals surface area contributed by atoms with Crippen molar-refractivity contribution in [3.63, 3.8) is 0 Å². The number of alkyl halides is 2. The Balaban J connectivity index is 1.42. The molecule has 1 aliphatic heterocycles. The molecule has 3 aromatic rings. The molecule has 1 heterocycles. The second-order valence-corrected chi connectivity index (χ2v) is 8.47. The molecule has 174 valence electrons. The summed E-state index contributed by atoms with van der Waals surface area (Å²) in [7, 11) is 1.53. The summed E-state index contributed by atoms with van der Waals surface area (Å²) in [6.45, 7) is 1.94. The third-order valence-electron chi connectivity index (χ3n) is 6.29. The Kier molecular flexibility index (Phi) is 5.04. The number of benzene rings is 3. The molecule has 0 spiro atoms. The molecule has 1 saturated carbocycles. The predicted octanol–water partition coefficient (Wildman–Crippen LogP) is 5.47. The fourth-order valence-electron chi connectivity index (χ4n) is 4.26. The summed E-state index contributed by atoms with van der Waals surface area (Å²) in [4.78, 5) is 24.4. The minimum atomic E-state index is -3.71. The third-order valence-corrected chi connectivity index (χ3v) is 6.29. The van der Waals surface area contributed by atoms with E-state index in [2.05, 4.69) is 14.8 Å². The van der Waals surface area contributed by atoms with Crippen LogP contribution >= 0.6 is 0 Å². The summed E-state index contributed by atoms with van der Waals surface area (Å²) >= 11 is 0. The molecule has 0 unspecified atom stereocenters. The van der Waals surface area contributed by atoms with Gasteiger partial charge in [0.05, 0.1) is 12.5 Å². The number of amides is 1. The fourth-order valence-corrected chi connectivity index (χ4v) is 4.26. The molecule has 0 saturated heterocycles. The number of carbonyl (C=O) groups is 2. The zero-order chi connectivity index (χ0) is 24.1. The van der Waals surface area contributed by atoms with Crippen LogP contribution in [0.15, 0.2) is 54.6 Å². The standard InChI is InChI=1S/C26H21F2NO5/c1-15-3-6-18(13-20(15)19-7-4-16(14-30)11-22(19)32-2)29-24(31)25(9-10-25)17-5-8-21-23(12-17)34-26(27,28)33-21/h3-8,11-14H,9-10H2,1-2H3,(H,29,31). The SMILES string of the molecule is COc1cc(C=O)ccc1-c1cc(NC(=O)C2(c3ccc4c(c3)OC(F)(F)O4)CC2)ccc1C. The molecule has 1 N–H and O–H groups in total. The van der Waals surface area contributed by atoms with Gasteiger partial charge < -0.3 is 19.5 Å². The molecule has 3 aromatic carbocycles. The van der Waals surface area contributed by atoms with E-state index in [1.165, 1.54) is 19.2 Å². The highest BCUT2D eigenvalue weighted by Gasteiger charge is 2.52. The maximum absolute atomic E-state index is 13.4. The summed E-state index contributed by atoms with van der Waals surface area (Å²) in [5, 5.41) is 2.97. The number of fused-ring (bicyclic) bond motifs is 1. The lowest BCUT2D eigenvalue weighted by Crippen LogP contribution is -2.28. The number of carbonyl (C=O) groups excluding carboxylic acids is 2. The Bertz CT molecular complexity index is 1320. The van der Waals surface area contributed by atoms with E-state index in [9.17, 15) is 18.4 Å². The van der Waals surface area contributed by atoms with Crippen molar-refractivity contribution in [3.8, 4) is 28.4 Å². The lowest BCUT2D eigenvalue weighted by molar-refractivity contribution is -0.286. The van der Waals surface area contributed by atoms with Crippen LogP contribution in [0.1, 0.15) is 34.3 Å². The number of aryl methyl sites for hydroxylation is 1. The molecule has 0 radical (unpaired) electrons. The molecule has 1 amide bonds. The van der Waals surface area contributed by atoms with Crippen molar-refractivity contribution < 1.29 is 32.6 Å². The van der Waals surface area contributed by atoms with Crippen molar-refractivity contribution in [2.45, 2.75) is 31.5 Å². The van der Waals surface area contributed by atoms with E-state index in [4.69, 9.17) is 4.74 Å². The lowest BCUT2D eigenvalue weighted by Gasteiger charge is -2.18. The first-order valence-corrected chi connectivity index (χ1v) is 10.7. The number of hydrogen-bond acceptors (Lipinski definition) is 5. The van der Waals surface area contributed by atoms with E-state index in [1.807, 2.05) is 19.1 Å². The summed E-state index contributed by atoms with van der Waals surface area (Å²) < 4.78 is 41.2. The Morgan fingerprint density at radius 1 is 1.00 bits per heavy atom. The molecule has 0 aromatic heterocycles. The van der Waals surface area contributed by atoms with E-state index < -0.39 is 11.7 Å². The third kappa shape index (κ3) is 3.75. The summed E-state index contributed by atoms with van der Waals surface area (Å²) in [6.07, 6.45) is -1.77. The van der Waals surface area contributed by atoms with Crippen molar-refractivity contribution in [2.75, 3.05) is 12.4 Å². The van der Waals surface area contributed by atoms with Crippen molar-refractivity contribution in [1.82, 2.24) is 0 Å². The lowest BCUT2D eigenvalue weighted by atomic mass is 9.94. The molecule has 34 heavy (non-hydrogen) atoms. The van der Waals surface area contributed by atoms with Crippen molar-refractivity contribution in [3.05, 3.63) is 71.3 Å². The van der Waals surface area contributed by atoms with E-state index in [0.717, 1.165) is 23.0 Å². The molecule has 0 atom stereocenters. The molecule has 5 rings (SSSR count). The number of rotatable bonds is 6. The van der Waals surface area contributed by atoms with Crippen molar-refractivity contribution in [1.29, 1.82) is 0 Å². The van der Waals surface area contributed by atoms with Crippen LogP contribution in [0.25, 0.3) is 11.1 Å². The first-order valence-electron chi connectivity index (χ1n) is 10.7. The quantitative estimate of drug-likeness (QED) is 0.489. The van der Waals surface area contributed by atoms with Crippen LogP contribution in [0.3, 0.4) is 0 Å². The molecular formula is C26H21F2NO5. The van der Waals surface area contributed by atoms with Gasteiger partial charge in [-0.1, -0.05) is 18.2 Å². The maximum Gasteiger partial charge on any atom is 0.586 e. The smallest absolute Gasteiger partial charge is 0.496 e. The number of nitrogens with one attached hydrogen (secondary N) is 1. The molecule has 1 fully saturated rings. The summed E-state index contributed by atoms with van der Waals surface area (Å²) in [5.41, 5.74) is 3.48. The van der Waals surface area contributed by atoms with Gasteiger partial charge in [0.15, 0.2) is 11.5 Å². The summed E-state index contributed by atoms with van der Waals surface area (Å²) in [5.74, 6) is 0.191. The highest BCUT2D eigenvalue weighted by Crippen LogP contribution is 2.52. The van der Waals surface area contributed by atoms with Crippen LogP contribution in [-0.2, 0) is 10.2 Å². The van der Waals surface area contributed by atoms with Gasteiger partial charge in [0.1, 0.15) is 12.0 Å². The number of methoxy groups -OCH3 is 1. The van der Waals surface area contributed by atoms with Gasteiger partial charge in [0.2, 0.25) is 5.91 Å². The van der Waals surface area contributed by atoms with Gasteiger partial charge in [-0.15, -0.1) is 8.78 Å². The van der Waals surface area contributed by atoms with Gasteiger partial charge >= 0.3 is 6.29 Å². The van der Waals surface area contributed by atoms with Gasteiger partial charge in [-0.2, -0.15) is 0 Å². The number of hydrogen-bond donors (Lipinski definition) is 1. The molecule has 8 heteroatoms. The normalized spacial score (nSPS) is 16.6. The van der Waals surface area contributed by atoms with Gasteiger partial charge in [0, 0.05) is 16.8 Å². The first-order chi connectivity index (χ1) is 16.2. The van der Waals surface area contributed by atoms with E-state index >= 15 is 0 Å². The number of aldehydes is 1. The highest BCUT2D eigenvalue weighted by molar-refractivity contribution is 6.02. The van der Waals surface area contributed by atoms with Crippen LogP contribution in [-0.4, -0.2) is 25.6 Å². The van der Waals surface area contributed by atoms with Gasteiger partial charge in [-0.05, 0) is 72.9 Å². The Morgan fingerprint density at radius 3 is 2.47 bits per heavy atom. The van der Waals surface area contributed by atoms with Crippen LogP contribution < -0.4 is 19.5 Å². The average Bonchev–Trinajstić information content (AvgIpc) is 3.57. The van der Waals surface area contributed by atoms with Crippen LogP contribution in [0.5, 0.6) is 17.2 Å².